The van der Waals surface area contributed by atoms with Gasteiger partial charge in [0.05, 0.1) is 33.3 Å². The molecule has 1 aromatic carbocycles. The lowest BCUT2D eigenvalue weighted by Gasteiger charge is -2.20. The molecule has 0 bridgehead atoms. The number of amides is 1. The minimum atomic E-state index is -0.824. The summed E-state index contributed by atoms with van der Waals surface area (Å²) < 4.78 is 19.9. The molecule has 0 aliphatic heterocycles. The van der Waals surface area contributed by atoms with E-state index in [-0.39, 0.29) is 39.4 Å². The zero-order valence-electron chi connectivity index (χ0n) is 20.3. The van der Waals surface area contributed by atoms with Crippen LogP contribution in [-0.2, 0) is 35.6 Å². The van der Waals surface area contributed by atoms with E-state index in [9.17, 15) is 19.2 Å². The lowest BCUT2D eigenvalue weighted by atomic mass is 9.86. The van der Waals surface area contributed by atoms with Crippen LogP contribution in [0.5, 0.6) is 5.75 Å². The summed E-state index contributed by atoms with van der Waals surface area (Å²) >= 11 is 0.802. The van der Waals surface area contributed by atoms with E-state index >= 15 is 0 Å². The molecule has 9 nitrogen and oxygen atoms in total. The number of methoxy groups -OCH3 is 3. The van der Waals surface area contributed by atoms with Crippen LogP contribution in [0.1, 0.15) is 57.5 Å². The highest BCUT2D eigenvalue weighted by Crippen LogP contribution is 2.35. The molecule has 1 amide bonds. The number of hydrogen-bond donors (Lipinski definition) is 1. The summed E-state index contributed by atoms with van der Waals surface area (Å²) in [6.07, 6.45) is -0.381. The number of hydrogen-bond acceptors (Lipinski definition) is 9. The van der Waals surface area contributed by atoms with Crippen LogP contribution >= 0.6 is 11.3 Å². The first-order chi connectivity index (χ1) is 15.9. The first-order valence-electron chi connectivity index (χ1n) is 10.4. The fourth-order valence-electron chi connectivity index (χ4n) is 3.10. The maximum absolute atomic E-state index is 12.6. The largest absolute Gasteiger partial charge is 0.483 e. The molecule has 1 aromatic heterocycles. The van der Waals surface area contributed by atoms with Crippen molar-refractivity contribution in [3.8, 4) is 5.75 Å². The van der Waals surface area contributed by atoms with Crippen molar-refractivity contribution in [2.45, 2.75) is 39.5 Å². The lowest BCUT2D eigenvalue weighted by Crippen LogP contribution is -2.22. The lowest BCUT2D eigenvalue weighted by molar-refractivity contribution is -0.139. The van der Waals surface area contributed by atoms with E-state index in [1.165, 1.54) is 14.2 Å². The molecule has 0 radical (unpaired) electrons. The van der Waals surface area contributed by atoms with E-state index in [1.807, 2.05) is 19.1 Å². The van der Waals surface area contributed by atoms with Crippen molar-refractivity contribution < 1.29 is 38.1 Å². The van der Waals surface area contributed by atoms with Gasteiger partial charge in [-0.05, 0) is 29.5 Å². The van der Waals surface area contributed by atoms with E-state index in [4.69, 9.17) is 14.2 Å². The molecule has 0 fully saturated rings. The zero-order chi connectivity index (χ0) is 25.6. The van der Waals surface area contributed by atoms with Gasteiger partial charge in [0.2, 0.25) is 0 Å². The third kappa shape index (κ3) is 6.34. The van der Waals surface area contributed by atoms with Crippen molar-refractivity contribution in [3.05, 3.63) is 45.3 Å². The molecular formula is C24H29NO8S. The summed E-state index contributed by atoms with van der Waals surface area (Å²) in [7, 11) is 3.50. The smallest absolute Gasteiger partial charge is 0.348 e. The molecule has 184 valence electrons. The van der Waals surface area contributed by atoms with Crippen LogP contribution in [0, 0.1) is 6.92 Å². The normalized spacial score (nSPS) is 10.9. The average molecular weight is 492 g/mol. The standard InChI is InChI=1S/C24H29NO8S/c1-13-10-14(24(2,3)4)8-9-16(13)33-12-17(26)25-21-19(22(28)31-6)15(11-18(27)30-5)20(34-21)23(29)32-7/h8-10H,11-12H2,1-7H3,(H,25,26). The van der Waals surface area contributed by atoms with Crippen LogP contribution in [0.15, 0.2) is 18.2 Å². The fourth-order valence-corrected chi connectivity index (χ4v) is 4.24. The topological polar surface area (TPSA) is 117 Å². The summed E-state index contributed by atoms with van der Waals surface area (Å²) in [4.78, 5) is 49.2. The molecule has 0 unspecified atom stereocenters. The van der Waals surface area contributed by atoms with Gasteiger partial charge in [0.1, 0.15) is 15.6 Å². The highest BCUT2D eigenvalue weighted by molar-refractivity contribution is 7.18. The van der Waals surface area contributed by atoms with Crippen LogP contribution in [0.3, 0.4) is 0 Å². The Bertz CT molecular complexity index is 1100. The maximum atomic E-state index is 12.6. The number of esters is 3. The molecule has 0 aliphatic rings. The van der Waals surface area contributed by atoms with Crippen molar-refractivity contribution in [2.75, 3.05) is 33.3 Å². The Morgan fingerprint density at radius 1 is 0.971 bits per heavy atom. The van der Waals surface area contributed by atoms with Gasteiger partial charge in [-0.1, -0.05) is 32.9 Å². The molecule has 1 heterocycles. The fraction of sp³-hybridized carbons (Fsp3) is 0.417. The Hall–Kier alpha value is -3.40. The second-order valence-corrected chi connectivity index (χ2v) is 9.44. The number of nitrogens with one attached hydrogen (secondary N) is 1. The highest BCUT2D eigenvalue weighted by Gasteiger charge is 2.30. The molecule has 34 heavy (non-hydrogen) atoms. The van der Waals surface area contributed by atoms with Crippen molar-refractivity contribution in [2.24, 2.45) is 0 Å². The van der Waals surface area contributed by atoms with Gasteiger partial charge >= 0.3 is 17.9 Å². The van der Waals surface area contributed by atoms with Gasteiger partial charge < -0.3 is 24.3 Å². The molecule has 2 aromatic rings. The third-order valence-electron chi connectivity index (χ3n) is 4.97. The van der Waals surface area contributed by atoms with Crippen LogP contribution in [0.2, 0.25) is 0 Å². The predicted octanol–water partition coefficient (Wildman–Crippen LogP) is 3.66. The van der Waals surface area contributed by atoms with Crippen LogP contribution < -0.4 is 10.1 Å². The minimum Gasteiger partial charge on any atom is -0.483 e. The second-order valence-electron chi connectivity index (χ2n) is 8.42. The molecule has 0 aliphatic carbocycles. The van der Waals surface area contributed by atoms with Crippen molar-refractivity contribution >= 4 is 40.2 Å². The summed E-state index contributed by atoms with van der Waals surface area (Å²) in [5.74, 6) is -2.28. The molecule has 0 atom stereocenters. The highest BCUT2D eigenvalue weighted by atomic mass is 32.1. The predicted molar refractivity (Wildman–Crippen MR) is 127 cm³/mol. The summed E-state index contributed by atoms with van der Waals surface area (Å²) in [5, 5.41) is 2.62. The Labute approximate surface area is 202 Å². The van der Waals surface area contributed by atoms with E-state index < -0.39 is 23.8 Å². The first-order valence-corrected chi connectivity index (χ1v) is 11.2. The monoisotopic (exact) mass is 491 g/mol. The van der Waals surface area contributed by atoms with Gasteiger partial charge in [0, 0.05) is 5.56 Å². The average Bonchev–Trinajstić information content (AvgIpc) is 3.13. The molecule has 2 rings (SSSR count). The number of benzene rings is 1. The number of aryl methyl sites for hydroxylation is 1. The number of rotatable bonds is 8. The Kier molecular flexibility index (Phi) is 8.80. The van der Waals surface area contributed by atoms with Crippen molar-refractivity contribution in [1.82, 2.24) is 0 Å². The summed E-state index contributed by atoms with van der Waals surface area (Å²) in [6.45, 7) is 7.86. The van der Waals surface area contributed by atoms with Gasteiger partial charge in [-0.15, -0.1) is 11.3 Å². The zero-order valence-corrected chi connectivity index (χ0v) is 21.1. The number of ether oxygens (including phenoxy) is 4. The van der Waals surface area contributed by atoms with E-state index in [2.05, 4.69) is 30.8 Å². The summed E-state index contributed by atoms with van der Waals surface area (Å²) in [6, 6.07) is 5.75. The second kappa shape index (κ2) is 11.1. The molecule has 10 heteroatoms. The van der Waals surface area contributed by atoms with E-state index in [0.717, 1.165) is 29.6 Å². The van der Waals surface area contributed by atoms with Crippen molar-refractivity contribution in [1.29, 1.82) is 0 Å². The Balaban J connectivity index is 2.29. The number of thiophene rings is 1. The first kappa shape index (κ1) is 26.8. The molecule has 1 N–H and O–H groups in total. The molecular weight excluding hydrogens is 462 g/mol. The SMILES string of the molecule is COC(=O)Cc1c(C(=O)OC)sc(NC(=O)COc2ccc(C(C)(C)C)cc2C)c1C(=O)OC. The van der Waals surface area contributed by atoms with Gasteiger partial charge in [-0.25, -0.2) is 9.59 Å². The third-order valence-corrected chi connectivity index (χ3v) is 6.10. The van der Waals surface area contributed by atoms with Gasteiger partial charge in [-0.2, -0.15) is 0 Å². The number of carbonyl (C=O) groups is 4. The number of carbonyl (C=O) groups excluding carboxylic acids is 4. The van der Waals surface area contributed by atoms with Gasteiger partial charge in [-0.3, -0.25) is 9.59 Å². The van der Waals surface area contributed by atoms with Crippen molar-refractivity contribution in [3.63, 3.8) is 0 Å². The van der Waals surface area contributed by atoms with Gasteiger partial charge in [0.15, 0.2) is 6.61 Å². The minimum absolute atomic E-state index is 0.0156. The van der Waals surface area contributed by atoms with Gasteiger partial charge in [0.25, 0.3) is 5.91 Å². The number of anilines is 1. The van der Waals surface area contributed by atoms with Crippen LogP contribution in [0.4, 0.5) is 5.00 Å². The molecule has 0 saturated heterocycles. The Morgan fingerprint density at radius 2 is 1.62 bits per heavy atom. The maximum Gasteiger partial charge on any atom is 0.348 e. The molecule has 0 spiro atoms. The molecule has 0 saturated carbocycles. The quantitative estimate of drug-likeness (QED) is 0.439. The summed E-state index contributed by atoms with van der Waals surface area (Å²) in [5.41, 5.74) is 1.93. The van der Waals surface area contributed by atoms with E-state index in [1.54, 1.807) is 6.07 Å². The Morgan fingerprint density at radius 3 is 2.15 bits per heavy atom. The van der Waals surface area contributed by atoms with E-state index in [0.29, 0.717) is 5.75 Å². The van der Waals surface area contributed by atoms with Crippen LogP contribution in [0.25, 0.3) is 0 Å². The van der Waals surface area contributed by atoms with Crippen LogP contribution in [-0.4, -0.2) is 51.8 Å².